The lowest BCUT2D eigenvalue weighted by Gasteiger charge is -2.17. The Kier molecular flexibility index (Phi) is 10.8. The second-order valence-corrected chi connectivity index (χ2v) is 11.2. The number of anilines is 2. The molecule has 0 saturated carbocycles. The quantitative estimate of drug-likeness (QED) is 0.118. The number of aromatic nitrogens is 2. The number of aliphatic hydroxyl groups is 1. The monoisotopic (exact) mass is 656 g/mol. The minimum atomic E-state index is -0.548. The maximum absolute atomic E-state index is 15.4. The number of nitrogens with zero attached hydrogens (tertiary/aromatic N) is 2. The van der Waals surface area contributed by atoms with Gasteiger partial charge in [0.25, 0.3) is 0 Å². The van der Waals surface area contributed by atoms with Gasteiger partial charge in [-0.3, -0.25) is 9.78 Å². The van der Waals surface area contributed by atoms with Gasteiger partial charge < -0.3 is 31.1 Å². The van der Waals surface area contributed by atoms with Crippen LogP contribution in [0.5, 0.6) is 5.75 Å². The lowest BCUT2D eigenvalue weighted by Crippen LogP contribution is -2.35. The molecule has 0 aliphatic carbocycles. The van der Waals surface area contributed by atoms with Crippen LogP contribution in [0, 0.1) is 11.6 Å². The number of halogens is 4. The van der Waals surface area contributed by atoms with E-state index in [0.29, 0.717) is 64.5 Å². The molecule has 1 amide bonds. The van der Waals surface area contributed by atoms with Gasteiger partial charge in [-0.2, -0.15) is 0 Å². The zero-order valence-corrected chi connectivity index (χ0v) is 25.9. The maximum atomic E-state index is 15.4. The van der Waals surface area contributed by atoms with Gasteiger partial charge in [-0.25, -0.2) is 13.8 Å². The van der Waals surface area contributed by atoms with Crippen molar-refractivity contribution in [2.75, 3.05) is 32.1 Å². The van der Waals surface area contributed by atoms with Gasteiger partial charge in [0.15, 0.2) is 11.6 Å². The standard InChI is InChI=1S/C32H32Cl2F2N6O3/c1-45-26-14-19(13-24(35)23(26)17-38-16-20-5-6-27(44)41-20)31-29(34)22(8-10-39-31)21-3-2-4-25(28(21)33)42-32-30(36)18(7-9-40-32)15-37-11-12-43/h2-4,7-10,13-14,20,37-38,43H,5-6,11-12,15-17H2,1H3,(H,40,42)(H,41,44). The van der Waals surface area contributed by atoms with E-state index in [9.17, 15) is 4.79 Å². The lowest BCUT2D eigenvalue weighted by molar-refractivity contribution is -0.119. The number of rotatable bonds is 13. The zero-order valence-electron chi connectivity index (χ0n) is 24.4. The van der Waals surface area contributed by atoms with Crippen molar-refractivity contribution in [3.8, 4) is 28.1 Å². The van der Waals surface area contributed by atoms with Gasteiger partial charge in [-0.15, -0.1) is 0 Å². The zero-order chi connectivity index (χ0) is 31.9. The molecule has 1 unspecified atom stereocenters. The molecule has 1 atom stereocenters. The van der Waals surface area contributed by atoms with E-state index in [1.807, 2.05) is 0 Å². The Morgan fingerprint density at radius 1 is 1.04 bits per heavy atom. The fourth-order valence-electron chi connectivity index (χ4n) is 5.13. The number of ether oxygens (including phenoxy) is 1. The van der Waals surface area contributed by atoms with Crippen molar-refractivity contribution >= 4 is 40.6 Å². The Balaban J connectivity index is 1.40. The van der Waals surface area contributed by atoms with Crippen molar-refractivity contribution in [1.82, 2.24) is 25.9 Å². The van der Waals surface area contributed by atoms with Gasteiger partial charge in [0.05, 0.1) is 35.1 Å². The number of benzene rings is 2. The van der Waals surface area contributed by atoms with Crippen molar-refractivity contribution < 1.29 is 23.4 Å². The highest BCUT2D eigenvalue weighted by molar-refractivity contribution is 6.39. The molecule has 45 heavy (non-hydrogen) atoms. The van der Waals surface area contributed by atoms with E-state index in [2.05, 4.69) is 31.2 Å². The number of hydrogen-bond acceptors (Lipinski definition) is 8. The summed E-state index contributed by atoms with van der Waals surface area (Å²) in [5.41, 5.74) is 2.93. The number of pyridine rings is 2. The van der Waals surface area contributed by atoms with E-state index in [-0.39, 0.29) is 47.5 Å². The number of carbonyl (C=O) groups is 1. The summed E-state index contributed by atoms with van der Waals surface area (Å²) in [5.74, 6) is -0.713. The van der Waals surface area contributed by atoms with Crippen LogP contribution in [0.15, 0.2) is 54.9 Å². The Morgan fingerprint density at radius 2 is 1.84 bits per heavy atom. The van der Waals surface area contributed by atoms with Gasteiger partial charge in [-0.05, 0) is 36.8 Å². The van der Waals surface area contributed by atoms with Crippen molar-refractivity contribution in [2.24, 2.45) is 0 Å². The molecule has 1 fully saturated rings. The summed E-state index contributed by atoms with van der Waals surface area (Å²) in [6, 6.07) is 11.5. The molecular formula is C32H32Cl2F2N6O3. The molecule has 0 radical (unpaired) electrons. The Bertz CT molecular complexity index is 1690. The van der Waals surface area contributed by atoms with Crippen LogP contribution in [-0.2, 0) is 17.9 Å². The summed E-state index contributed by atoms with van der Waals surface area (Å²) in [6.07, 6.45) is 4.26. The van der Waals surface area contributed by atoms with E-state index in [1.54, 1.807) is 42.6 Å². The van der Waals surface area contributed by atoms with Crippen LogP contribution in [0.25, 0.3) is 22.4 Å². The largest absolute Gasteiger partial charge is 0.496 e. The highest BCUT2D eigenvalue weighted by Gasteiger charge is 2.22. The Hall–Kier alpha value is -3.87. The number of carbonyl (C=O) groups excluding carboxylic acids is 1. The molecule has 236 valence electrons. The SMILES string of the molecule is COc1cc(-c2nccc(-c3cccc(Nc4nccc(CNCCO)c4F)c3Cl)c2Cl)cc(F)c1CNCC1CCC(=O)N1. The molecule has 5 rings (SSSR count). The van der Waals surface area contributed by atoms with Crippen LogP contribution in [-0.4, -0.2) is 53.8 Å². The summed E-state index contributed by atoms with van der Waals surface area (Å²) >= 11 is 13.7. The fourth-order valence-corrected chi connectivity index (χ4v) is 5.73. The molecule has 3 heterocycles. The molecular weight excluding hydrogens is 625 g/mol. The van der Waals surface area contributed by atoms with Crippen LogP contribution < -0.4 is 26.0 Å². The van der Waals surface area contributed by atoms with Crippen LogP contribution in [0.1, 0.15) is 24.0 Å². The summed E-state index contributed by atoms with van der Waals surface area (Å²) in [4.78, 5) is 20.0. The van der Waals surface area contributed by atoms with E-state index in [4.69, 9.17) is 33.0 Å². The van der Waals surface area contributed by atoms with Gasteiger partial charge in [0, 0.05) is 78.9 Å². The first-order valence-corrected chi connectivity index (χ1v) is 15.1. The number of nitrogens with one attached hydrogen (secondary N) is 4. The molecule has 4 aromatic rings. The van der Waals surface area contributed by atoms with Crippen molar-refractivity contribution in [3.63, 3.8) is 0 Å². The Labute approximate surface area is 269 Å². The number of aliphatic hydroxyl groups excluding tert-OH is 1. The maximum Gasteiger partial charge on any atom is 0.220 e. The normalized spacial score (nSPS) is 14.4. The molecule has 1 aliphatic heterocycles. The average molecular weight is 658 g/mol. The first kappa shape index (κ1) is 32.5. The van der Waals surface area contributed by atoms with E-state index in [1.165, 1.54) is 19.4 Å². The molecule has 1 aliphatic rings. The third-order valence-electron chi connectivity index (χ3n) is 7.43. The second-order valence-electron chi connectivity index (χ2n) is 10.4. The molecule has 0 bridgehead atoms. The molecule has 2 aromatic carbocycles. The van der Waals surface area contributed by atoms with Gasteiger partial charge >= 0.3 is 0 Å². The van der Waals surface area contributed by atoms with Gasteiger partial charge in [0.2, 0.25) is 5.91 Å². The fraction of sp³-hybridized carbons (Fsp3) is 0.281. The van der Waals surface area contributed by atoms with Crippen LogP contribution in [0.3, 0.4) is 0 Å². The number of amides is 1. The summed E-state index contributed by atoms with van der Waals surface area (Å²) in [6.45, 7) is 1.20. The minimum absolute atomic E-state index is 0.0102. The predicted molar refractivity (Wildman–Crippen MR) is 171 cm³/mol. The van der Waals surface area contributed by atoms with E-state index < -0.39 is 11.6 Å². The van der Waals surface area contributed by atoms with E-state index >= 15 is 8.78 Å². The van der Waals surface area contributed by atoms with Crippen molar-refractivity contribution in [1.29, 1.82) is 0 Å². The second kappa shape index (κ2) is 14.9. The summed E-state index contributed by atoms with van der Waals surface area (Å²) in [5, 5.41) is 21.5. The van der Waals surface area contributed by atoms with Crippen molar-refractivity contribution in [2.45, 2.75) is 32.0 Å². The third-order valence-corrected chi connectivity index (χ3v) is 8.22. The third kappa shape index (κ3) is 7.51. The highest BCUT2D eigenvalue weighted by Crippen LogP contribution is 2.42. The van der Waals surface area contributed by atoms with Crippen LogP contribution in [0.4, 0.5) is 20.3 Å². The first-order valence-electron chi connectivity index (χ1n) is 14.3. The van der Waals surface area contributed by atoms with Crippen molar-refractivity contribution in [3.05, 3.63) is 87.7 Å². The number of hydrogen-bond donors (Lipinski definition) is 5. The summed E-state index contributed by atoms with van der Waals surface area (Å²) < 4.78 is 36.1. The molecule has 9 nitrogen and oxygen atoms in total. The van der Waals surface area contributed by atoms with Crippen LogP contribution >= 0.6 is 23.2 Å². The first-order chi connectivity index (χ1) is 21.8. The lowest BCUT2D eigenvalue weighted by atomic mass is 10.0. The topological polar surface area (TPSA) is 120 Å². The highest BCUT2D eigenvalue weighted by atomic mass is 35.5. The van der Waals surface area contributed by atoms with E-state index in [0.717, 1.165) is 6.42 Å². The smallest absolute Gasteiger partial charge is 0.220 e. The van der Waals surface area contributed by atoms with Gasteiger partial charge in [0.1, 0.15) is 11.6 Å². The molecule has 2 aromatic heterocycles. The average Bonchev–Trinajstić information content (AvgIpc) is 3.45. The minimum Gasteiger partial charge on any atom is -0.496 e. The van der Waals surface area contributed by atoms with Crippen LogP contribution in [0.2, 0.25) is 10.0 Å². The predicted octanol–water partition coefficient (Wildman–Crippen LogP) is 5.60. The molecule has 13 heteroatoms. The molecule has 0 spiro atoms. The Morgan fingerprint density at radius 3 is 2.60 bits per heavy atom. The van der Waals surface area contributed by atoms with Gasteiger partial charge in [-0.1, -0.05) is 35.3 Å². The number of methoxy groups -OCH3 is 1. The summed E-state index contributed by atoms with van der Waals surface area (Å²) in [7, 11) is 1.46. The molecule has 1 saturated heterocycles. The molecule has 5 N–H and O–H groups in total.